The molecule has 1 aromatic heterocycles. The second-order valence-corrected chi connectivity index (χ2v) is 6.75. The van der Waals surface area contributed by atoms with E-state index in [0.29, 0.717) is 12.3 Å². The van der Waals surface area contributed by atoms with Crippen molar-refractivity contribution in [3.05, 3.63) is 88.7 Å². The molecule has 2 heterocycles. The molecule has 0 spiro atoms. The number of aromatic nitrogens is 2. The Morgan fingerprint density at radius 3 is 2.62 bits per heavy atom. The van der Waals surface area contributed by atoms with Crippen molar-refractivity contribution in [1.29, 1.82) is 0 Å². The van der Waals surface area contributed by atoms with Crippen LogP contribution in [0.15, 0.2) is 73.1 Å². The molecular formula is C22H16N4O3. The monoisotopic (exact) mass is 384 g/mol. The molecule has 7 heteroatoms. The van der Waals surface area contributed by atoms with Crippen LogP contribution < -0.4 is 9.64 Å². The fourth-order valence-electron chi connectivity index (χ4n) is 3.69. The van der Waals surface area contributed by atoms with Crippen molar-refractivity contribution in [3.8, 4) is 11.6 Å². The minimum absolute atomic E-state index is 0.0698. The summed E-state index contributed by atoms with van der Waals surface area (Å²) in [6.07, 6.45) is 2.11. The topological polar surface area (TPSA) is 81.4 Å². The minimum Gasteiger partial charge on any atom is -0.434 e. The predicted molar refractivity (Wildman–Crippen MR) is 110 cm³/mol. The van der Waals surface area contributed by atoms with Gasteiger partial charge in [0.15, 0.2) is 0 Å². The van der Waals surface area contributed by atoms with Crippen molar-refractivity contribution in [2.45, 2.75) is 6.42 Å². The van der Waals surface area contributed by atoms with Crippen molar-refractivity contribution >= 4 is 28.0 Å². The van der Waals surface area contributed by atoms with Gasteiger partial charge in [0.1, 0.15) is 12.1 Å². The van der Waals surface area contributed by atoms with Gasteiger partial charge in [0, 0.05) is 12.2 Å². The van der Waals surface area contributed by atoms with E-state index in [4.69, 9.17) is 4.74 Å². The molecule has 142 valence electrons. The summed E-state index contributed by atoms with van der Waals surface area (Å²) in [4.78, 5) is 21.6. The zero-order chi connectivity index (χ0) is 19.8. The molecule has 0 fully saturated rings. The summed E-state index contributed by atoms with van der Waals surface area (Å²) in [6, 6.07) is 21.2. The Labute approximate surface area is 166 Å². The average molecular weight is 384 g/mol. The molecule has 0 bridgehead atoms. The van der Waals surface area contributed by atoms with Gasteiger partial charge in [-0.05, 0) is 41.0 Å². The van der Waals surface area contributed by atoms with Gasteiger partial charge in [-0.2, -0.15) is 4.98 Å². The van der Waals surface area contributed by atoms with Crippen molar-refractivity contribution in [3.63, 3.8) is 0 Å². The van der Waals surface area contributed by atoms with Crippen LogP contribution in [0.2, 0.25) is 0 Å². The van der Waals surface area contributed by atoms with Gasteiger partial charge in [0.05, 0.1) is 4.92 Å². The maximum absolute atomic E-state index is 11.9. The third kappa shape index (κ3) is 3.02. The van der Waals surface area contributed by atoms with Crippen LogP contribution in [0, 0.1) is 10.1 Å². The molecule has 0 amide bonds. The largest absolute Gasteiger partial charge is 0.434 e. The SMILES string of the molecule is O=[N+]([O-])c1c(Oc2ccc3ccccc3c2)ncnc1N1CCc2ccccc21. The molecule has 1 aliphatic rings. The number of fused-ring (bicyclic) bond motifs is 2. The predicted octanol–water partition coefficient (Wildman–Crippen LogP) is 5.02. The van der Waals surface area contributed by atoms with E-state index in [2.05, 4.69) is 9.97 Å². The standard InChI is InChI=1S/C22H16N4O3/c27-26(28)20-21(25-12-11-16-6-3-4-8-19(16)25)23-14-24-22(20)29-18-10-9-15-5-1-2-7-17(15)13-18/h1-10,13-14H,11-12H2. The van der Waals surface area contributed by atoms with Crippen LogP contribution in [0.4, 0.5) is 17.2 Å². The summed E-state index contributed by atoms with van der Waals surface area (Å²) in [5.41, 5.74) is 1.82. The van der Waals surface area contributed by atoms with Gasteiger partial charge in [-0.25, -0.2) is 4.98 Å². The quantitative estimate of drug-likeness (QED) is 0.363. The molecule has 3 aromatic carbocycles. The number of hydrogen-bond donors (Lipinski definition) is 0. The zero-order valence-corrected chi connectivity index (χ0v) is 15.4. The Kier molecular flexibility index (Phi) is 4.05. The zero-order valence-electron chi connectivity index (χ0n) is 15.4. The van der Waals surface area contributed by atoms with E-state index >= 15 is 0 Å². The van der Waals surface area contributed by atoms with Gasteiger partial charge < -0.3 is 9.64 Å². The summed E-state index contributed by atoms with van der Waals surface area (Å²) < 4.78 is 5.85. The van der Waals surface area contributed by atoms with E-state index in [-0.39, 0.29) is 17.4 Å². The molecule has 0 unspecified atom stereocenters. The maximum Gasteiger partial charge on any atom is 0.373 e. The van der Waals surface area contributed by atoms with Gasteiger partial charge >= 0.3 is 11.6 Å². The molecule has 5 rings (SSSR count). The minimum atomic E-state index is -0.480. The van der Waals surface area contributed by atoms with Gasteiger partial charge in [0.25, 0.3) is 0 Å². The second-order valence-electron chi connectivity index (χ2n) is 6.75. The maximum atomic E-state index is 11.9. The first-order valence-electron chi connectivity index (χ1n) is 9.22. The highest BCUT2D eigenvalue weighted by Gasteiger charge is 2.32. The lowest BCUT2D eigenvalue weighted by Gasteiger charge is -2.18. The molecule has 0 atom stereocenters. The third-order valence-corrected chi connectivity index (χ3v) is 5.03. The van der Waals surface area contributed by atoms with E-state index in [1.807, 2.05) is 65.6 Å². The Morgan fingerprint density at radius 1 is 0.966 bits per heavy atom. The van der Waals surface area contributed by atoms with Crippen LogP contribution in [0.1, 0.15) is 5.56 Å². The molecule has 0 saturated carbocycles. The third-order valence-electron chi connectivity index (χ3n) is 5.03. The Morgan fingerprint density at radius 2 is 1.76 bits per heavy atom. The van der Waals surface area contributed by atoms with Crippen LogP contribution in [-0.2, 0) is 6.42 Å². The number of benzene rings is 3. The number of hydrogen-bond acceptors (Lipinski definition) is 6. The lowest BCUT2D eigenvalue weighted by molar-refractivity contribution is -0.385. The molecule has 0 saturated heterocycles. The Bertz CT molecular complexity index is 1240. The normalized spacial score (nSPS) is 12.8. The van der Waals surface area contributed by atoms with Crippen molar-refractivity contribution in [1.82, 2.24) is 9.97 Å². The number of para-hydroxylation sites is 1. The number of ether oxygens (including phenoxy) is 1. The highest BCUT2D eigenvalue weighted by Crippen LogP contribution is 2.42. The Hall–Kier alpha value is -4.00. The fraction of sp³-hybridized carbons (Fsp3) is 0.0909. The van der Waals surface area contributed by atoms with Crippen molar-refractivity contribution < 1.29 is 9.66 Å². The molecular weight excluding hydrogens is 368 g/mol. The van der Waals surface area contributed by atoms with Gasteiger partial charge in [0.2, 0.25) is 5.82 Å². The van der Waals surface area contributed by atoms with Crippen LogP contribution in [0.5, 0.6) is 11.6 Å². The average Bonchev–Trinajstić information content (AvgIpc) is 3.17. The highest BCUT2D eigenvalue weighted by molar-refractivity contribution is 5.84. The smallest absolute Gasteiger partial charge is 0.373 e. The Balaban J connectivity index is 1.57. The van der Waals surface area contributed by atoms with E-state index in [1.54, 1.807) is 6.07 Å². The van der Waals surface area contributed by atoms with Crippen molar-refractivity contribution in [2.75, 3.05) is 11.4 Å². The summed E-state index contributed by atoms with van der Waals surface area (Å²) >= 11 is 0. The van der Waals surface area contributed by atoms with Gasteiger partial charge in [-0.15, -0.1) is 0 Å². The van der Waals surface area contributed by atoms with Crippen LogP contribution in [0.25, 0.3) is 10.8 Å². The van der Waals surface area contributed by atoms with Gasteiger partial charge in [-0.1, -0.05) is 48.5 Å². The molecule has 1 aliphatic heterocycles. The molecule has 4 aromatic rings. The van der Waals surface area contributed by atoms with Gasteiger partial charge in [-0.3, -0.25) is 10.1 Å². The lowest BCUT2D eigenvalue weighted by atomic mass is 10.1. The number of anilines is 2. The number of nitrogens with zero attached hydrogens (tertiary/aromatic N) is 4. The van der Waals surface area contributed by atoms with Crippen LogP contribution in [-0.4, -0.2) is 21.4 Å². The first-order chi connectivity index (χ1) is 14.2. The van der Waals surface area contributed by atoms with E-state index < -0.39 is 4.92 Å². The molecule has 0 N–H and O–H groups in total. The van der Waals surface area contributed by atoms with E-state index in [9.17, 15) is 10.1 Å². The first-order valence-corrected chi connectivity index (χ1v) is 9.22. The number of rotatable bonds is 4. The van der Waals surface area contributed by atoms with E-state index in [0.717, 1.165) is 28.4 Å². The molecule has 29 heavy (non-hydrogen) atoms. The molecule has 7 nitrogen and oxygen atoms in total. The van der Waals surface area contributed by atoms with Crippen molar-refractivity contribution in [2.24, 2.45) is 0 Å². The summed E-state index contributed by atoms with van der Waals surface area (Å²) in [6.45, 7) is 0.618. The fourth-order valence-corrected chi connectivity index (χ4v) is 3.69. The van der Waals surface area contributed by atoms with E-state index in [1.165, 1.54) is 6.33 Å². The molecule has 0 aliphatic carbocycles. The van der Waals surface area contributed by atoms with Crippen LogP contribution >= 0.6 is 0 Å². The summed E-state index contributed by atoms with van der Waals surface area (Å²) in [7, 11) is 0. The first kappa shape index (κ1) is 17.1. The van der Waals surface area contributed by atoms with Crippen LogP contribution in [0.3, 0.4) is 0 Å². The summed E-state index contributed by atoms with van der Waals surface area (Å²) in [5, 5.41) is 14.0. The number of nitro groups is 1. The second kappa shape index (κ2) is 6.87. The highest BCUT2D eigenvalue weighted by atomic mass is 16.6. The summed E-state index contributed by atoms with van der Waals surface area (Å²) in [5.74, 6) is 0.656. The molecule has 0 radical (unpaired) electrons. The lowest BCUT2D eigenvalue weighted by Crippen LogP contribution is -2.17.